The first kappa shape index (κ1) is 12.3. The van der Waals surface area contributed by atoms with Crippen LogP contribution in [-0.4, -0.2) is 4.98 Å². The molecule has 2 aromatic rings. The van der Waals surface area contributed by atoms with Gasteiger partial charge < -0.3 is 0 Å². The number of benzene rings is 1. The summed E-state index contributed by atoms with van der Waals surface area (Å²) in [7, 11) is 0. The van der Waals surface area contributed by atoms with Crippen LogP contribution in [-0.2, 0) is 6.42 Å². The van der Waals surface area contributed by atoms with Crippen molar-refractivity contribution in [2.75, 3.05) is 0 Å². The maximum atomic E-state index is 4.14. The number of rotatable bonds is 4. The molecule has 1 aromatic carbocycles. The number of aryl methyl sites for hydroxylation is 1. The summed E-state index contributed by atoms with van der Waals surface area (Å²) in [5, 5.41) is 0. The molecular weight excluding hydrogens is 218 g/mol. The summed E-state index contributed by atoms with van der Waals surface area (Å²) in [6, 6.07) is 12.3. The molecular formula is C17H17N. The molecule has 0 aliphatic rings. The highest BCUT2D eigenvalue weighted by atomic mass is 14.6. The standard InChI is InChI=1S/C17H17N/c1-2-16-14-18-13-12-17(16)11-7-6-10-15-8-4-3-5-9-15/h3-14H,2H2,1H3/b10-6+,11-7?. The minimum atomic E-state index is 1.01. The molecule has 0 fully saturated rings. The zero-order valence-corrected chi connectivity index (χ0v) is 10.6. The van der Waals surface area contributed by atoms with Crippen LogP contribution < -0.4 is 0 Å². The third kappa shape index (κ3) is 3.42. The first-order valence-corrected chi connectivity index (χ1v) is 6.23. The quantitative estimate of drug-likeness (QED) is 0.717. The Morgan fingerprint density at radius 2 is 1.78 bits per heavy atom. The fourth-order valence-electron chi connectivity index (χ4n) is 1.79. The second kappa shape index (κ2) is 6.55. The van der Waals surface area contributed by atoms with E-state index in [0.29, 0.717) is 0 Å². The molecule has 0 saturated heterocycles. The first-order chi connectivity index (χ1) is 8.90. The van der Waals surface area contributed by atoms with Gasteiger partial charge >= 0.3 is 0 Å². The van der Waals surface area contributed by atoms with Crippen LogP contribution >= 0.6 is 0 Å². The second-order valence-electron chi connectivity index (χ2n) is 4.06. The Balaban J connectivity index is 2.06. The molecule has 0 aliphatic carbocycles. The monoisotopic (exact) mass is 235 g/mol. The number of aromatic nitrogens is 1. The molecule has 0 bridgehead atoms. The van der Waals surface area contributed by atoms with Gasteiger partial charge in [-0.2, -0.15) is 0 Å². The zero-order valence-electron chi connectivity index (χ0n) is 10.6. The number of pyridine rings is 1. The van der Waals surface area contributed by atoms with E-state index >= 15 is 0 Å². The van der Waals surface area contributed by atoms with Crippen LogP contribution in [0.3, 0.4) is 0 Å². The Morgan fingerprint density at radius 1 is 1.00 bits per heavy atom. The van der Waals surface area contributed by atoms with Gasteiger partial charge in [-0.05, 0) is 29.2 Å². The maximum Gasteiger partial charge on any atom is 0.0305 e. The predicted octanol–water partition coefficient (Wildman–Crippen LogP) is 4.37. The first-order valence-electron chi connectivity index (χ1n) is 6.23. The Kier molecular flexibility index (Phi) is 4.48. The smallest absolute Gasteiger partial charge is 0.0305 e. The SMILES string of the molecule is CCc1cnccc1C=C/C=C/c1ccccc1. The van der Waals surface area contributed by atoms with Gasteiger partial charge in [0.05, 0.1) is 0 Å². The van der Waals surface area contributed by atoms with Gasteiger partial charge in [0.2, 0.25) is 0 Å². The number of hydrogen-bond donors (Lipinski definition) is 0. The van der Waals surface area contributed by atoms with Crippen molar-refractivity contribution in [2.45, 2.75) is 13.3 Å². The molecule has 0 atom stereocenters. The van der Waals surface area contributed by atoms with Gasteiger partial charge in [0.25, 0.3) is 0 Å². The minimum Gasteiger partial charge on any atom is -0.264 e. The highest BCUT2D eigenvalue weighted by Crippen LogP contribution is 2.10. The van der Waals surface area contributed by atoms with Gasteiger partial charge in [0.1, 0.15) is 0 Å². The van der Waals surface area contributed by atoms with E-state index in [1.54, 1.807) is 0 Å². The molecule has 2 rings (SSSR count). The van der Waals surface area contributed by atoms with E-state index in [2.05, 4.69) is 48.3 Å². The van der Waals surface area contributed by atoms with Crippen molar-refractivity contribution in [3.63, 3.8) is 0 Å². The molecule has 90 valence electrons. The third-order valence-corrected chi connectivity index (χ3v) is 2.80. The van der Waals surface area contributed by atoms with Crippen LogP contribution in [0.2, 0.25) is 0 Å². The molecule has 1 heteroatoms. The van der Waals surface area contributed by atoms with E-state index in [4.69, 9.17) is 0 Å². The van der Waals surface area contributed by atoms with E-state index in [9.17, 15) is 0 Å². The molecule has 0 radical (unpaired) electrons. The molecule has 1 heterocycles. The Morgan fingerprint density at radius 3 is 2.56 bits per heavy atom. The van der Waals surface area contributed by atoms with Crippen molar-refractivity contribution in [1.29, 1.82) is 0 Å². The summed E-state index contributed by atoms with van der Waals surface area (Å²) in [4.78, 5) is 4.14. The largest absolute Gasteiger partial charge is 0.264 e. The molecule has 0 N–H and O–H groups in total. The van der Waals surface area contributed by atoms with Crippen molar-refractivity contribution in [1.82, 2.24) is 4.98 Å². The Hall–Kier alpha value is -2.15. The van der Waals surface area contributed by atoms with Gasteiger partial charge in [-0.25, -0.2) is 0 Å². The summed E-state index contributed by atoms with van der Waals surface area (Å²) >= 11 is 0. The molecule has 0 unspecified atom stereocenters. The van der Waals surface area contributed by atoms with Crippen molar-refractivity contribution in [2.24, 2.45) is 0 Å². The summed E-state index contributed by atoms with van der Waals surface area (Å²) in [5.41, 5.74) is 3.74. The topological polar surface area (TPSA) is 12.9 Å². The lowest BCUT2D eigenvalue weighted by atomic mass is 10.1. The van der Waals surface area contributed by atoms with Crippen LogP contribution in [0.4, 0.5) is 0 Å². The lowest BCUT2D eigenvalue weighted by molar-refractivity contribution is 1.10. The van der Waals surface area contributed by atoms with Crippen LogP contribution in [0.25, 0.3) is 12.2 Å². The van der Waals surface area contributed by atoms with Gasteiger partial charge in [0, 0.05) is 12.4 Å². The summed E-state index contributed by atoms with van der Waals surface area (Å²) in [6.45, 7) is 2.15. The van der Waals surface area contributed by atoms with Crippen molar-refractivity contribution < 1.29 is 0 Å². The average Bonchev–Trinajstić information content (AvgIpc) is 2.45. The lowest BCUT2D eigenvalue weighted by Gasteiger charge is -2.00. The summed E-state index contributed by atoms with van der Waals surface area (Å²) < 4.78 is 0. The molecule has 1 aromatic heterocycles. The van der Waals surface area contributed by atoms with Crippen molar-refractivity contribution >= 4 is 12.2 Å². The van der Waals surface area contributed by atoms with Crippen LogP contribution in [0.1, 0.15) is 23.6 Å². The van der Waals surface area contributed by atoms with Gasteiger partial charge in [-0.15, -0.1) is 0 Å². The molecule has 0 amide bonds. The number of hydrogen-bond acceptors (Lipinski definition) is 1. The number of allylic oxidation sites excluding steroid dienone is 2. The van der Waals surface area contributed by atoms with Gasteiger partial charge in [-0.3, -0.25) is 4.98 Å². The summed E-state index contributed by atoms with van der Waals surface area (Å²) in [5.74, 6) is 0. The molecule has 0 aliphatic heterocycles. The van der Waals surface area contributed by atoms with Crippen LogP contribution in [0, 0.1) is 0 Å². The highest BCUT2D eigenvalue weighted by Gasteiger charge is 1.94. The maximum absolute atomic E-state index is 4.14. The predicted molar refractivity (Wildman–Crippen MR) is 78.1 cm³/mol. The van der Waals surface area contributed by atoms with Gasteiger partial charge in [-0.1, -0.05) is 61.6 Å². The van der Waals surface area contributed by atoms with Crippen LogP contribution in [0.5, 0.6) is 0 Å². The second-order valence-corrected chi connectivity index (χ2v) is 4.06. The molecule has 0 spiro atoms. The lowest BCUT2D eigenvalue weighted by Crippen LogP contribution is -1.86. The van der Waals surface area contributed by atoms with Crippen molar-refractivity contribution in [3.8, 4) is 0 Å². The van der Waals surface area contributed by atoms with E-state index in [0.717, 1.165) is 6.42 Å². The van der Waals surface area contributed by atoms with E-state index in [1.807, 2.05) is 36.7 Å². The van der Waals surface area contributed by atoms with Gasteiger partial charge in [0.15, 0.2) is 0 Å². The number of nitrogens with zero attached hydrogens (tertiary/aromatic N) is 1. The highest BCUT2D eigenvalue weighted by molar-refractivity contribution is 5.58. The normalized spacial score (nSPS) is 11.4. The average molecular weight is 235 g/mol. The van der Waals surface area contributed by atoms with E-state index < -0.39 is 0 Å². The molecule has 0 saturated carbocycles. The fraction of sp³-hybridized carbons (Fsp3) is 0.118. The Labute approximate surface area is 109 Å². The van der Waals surface area contributed by atoms with Crippen molar-refractivity contribution in [3.05, 3.63) is 77.6 Å². The Bertz CT molecular complexity index is 539. The fourth-order valence-corrected chi connectivity index (χ4v) is 1.79. The molecule has 1 nitrogen and oxygen atoms in total. The van der Waals surface area contributed by atoms with E-state index in [-0.39, 0.29) is 0 Å². The minimum absolute atomic E-state index is 1.01. The third-order valence-electron chi connectivity index (χ3n) is 2.80. The van der Waals surface area contributed by atoms with Crippen LogP contribution in [0.15, 0.2) is 60.9 Å². The summed E-state index contributed by atoms with van der Waals surface area (Å²) in [6.07, 6.45) is 13.1. The molecule has 18 heavy (non-hydrogen) atoms. The van der Waals surface area contributed by atoms with E-state index in [1.165, 1.54) is 16.7 Å². The zero-order chi connectivity index (χ0) is 12.6.